The third kappa shape index (κ3) is 3.05. The van der Waals surface area contributed by atoms with Crippen molar-refractivity contribution in [2.75, 3.05) is 12.4 Å². The second kappa shape index (κ2) is 6.88. The molecule has 2 aromatic carbocycles. The van der Waals surface area contributed by atoms with Gasteiger partial charge < -0.3 is 20.8 Å². The van der Waals surface area contributed by atoms with Crippen molar-refractivity contribution in [2.45, 2.75) is 0 Å². The number of fused-ring (bicyclic) bond motifs is 1. The van der Waals surface area contributed by atoms with E-state index < -0.39 is 11.8 Å². The Morgan fingerprint density at radius 3 is 2.75 bits per heavy atom. The van der Waals surface area contributed by atoms with Crippen molar-refractivity contribution in [1.82, 2.24) is 19.5 Å². The van der Waals surface area contributed by atoms with E-state index in [0.717, 1.165) is 5.52 Å². The van der Waals surface area contributed by atoms with Gasteiger partial charge in [-0.25, -0.2) is 9.97 Å². The summed E-state index contributed by atoms with van der Waals surface area (Å²) in [5, 5.41) is 2.69. The van der Waals surface area contributed by atoms with Gasteiger partial charge in [-0.1, -0.05) is 18.2 Å². The van der Waals surface area contributed by atoms with Crippen LogP contribution in [0.4, 0.5) is 5.69 Å². The standard InChI is InChI=1S/C19H16N6O3/c1-28-12-6-4-5-11(9-12)22-18(27)15-16(17(20)26)25(10-21-15)19-23-13-7-2-3-8-14(13)24-19/h2-10H,1H3,(H2,20,26)(H,22,27)(H,23,24). The predicted molar refractivity (Wildman–Crippen MR) is 103 cm³/mol. The Hall–Kier alpha value is -4.14. The van der Waals surface area contributed by atoms with Crippen molar-refractivity contribution in [3.05, 3.63) is 66.2 Å². The molecule has 0 fully saturated rings. The monoisotopic (exact) mass is 376 g/mol. The maximum Gasteiger partial charge on any atom is 0.276 e. The number of methoxy groups -OCH3 is 1. The van der Waals surface area contributed by atoms with Gasteiger partial charge in [-0.2, -0.15) is 0 Å². The van der Waals surface area contributed by atoms with E-state index in [1.54, 1.807) is 24.3 Å². The zero-order valence-electron chi connectivity index (χ0n) is 14.8. The molecule has 0 unspecified atom stereocenters. The van der Waals surface area contributed by atoms with Gasteiger partial charge >= 0.3 is 0 Å². The zero-order valence-corrected chi connectivity index (χ0v) is 14.8. The summed E-state index contributed by atoms with van der Waals surface area (Å²) in [5.74, 6) is -0.450. The topological polar surface area (TPSA) is 128 Å². The van der Waals surface area contributed by atoms with Crippen molar-refractivity contribution in [3.8, 4) is 11.7 Å². The van der Waals surface area contributed by atoms with E-state index in [0.29, 0.717) is 22.9 Å². The van der Waals surface area contributed by atoms with Crippen LogP contribution in [0.5, 0.6) is 5.75 Å². The molecule has 2 aromatic heterocycles. The molecule has 0 aliphatic heterocycles. The minimum absolute atomic E-state index is 0.0700. The number of amides is 2. The largest absolute Gasteiger partial charge is 0.497 e. The minimum Gasteiger partial charge on any atom is -0.497 e. The molecule has 0 radical (unpaired) electrons. The van der Waals surface area contributed by atoms with Crippen LogP contribution in [0.1, 0.15) is 21.0 Å². The fourth-order valence-corrected chi connectivity index (χ4v) is 2.86. The summed E-state index contributed by atoms with van der Waals surface area (Å²) in [6, 6.07) is 14.2. The Kier molecular flexibility index (Phi) is 4.24. The molecule has 28 heavy (non-hydrogen) atoms. The Balaban J connectivity index is 1.71. The number of nitrogens with two attached hydrogens (primary N) is 1. The number of anilines is 1. The average molecular weight is 376 g/mol. The number of hydrogen-bond acceptors (Lipinski definition) is 5. The first kappa shape index (κ1) is 17.3. The Morgan fingerprint density at radius 2 is 2.00 bits per heavy atom. The molecule has 4 rings (SSSR count). The number of primary amides is 1. The summed E-state index contributed by atoms with van der Waals surface area (Å²) in [5.41, 5.74) is 7.35. The molecule has 2 amide bonds. The SMILES string of the molecule is COc1cccc(NC(=O)c2ncn(-c3nc4ccccc4[nH]3)c2C(N)=O)c1. The number of ether oxygens (including phenoxy) is 1. The van der Waals surface area contributed by atoms with Crippen LogP contribution in [0, 0.1) is 0 Å². The normalized spacial score (nSPS) is 10.8. The number of para-hydroxylation sites is 2. The molecule has 0 bridgehead atoms. The lowest BCUT2D eigenvalue weighted by molar-refractivity contribution is 0.0970. The number of H-pyrrole nitrogens is 1. The number of nitrogens with one attached hydrogen (secondary N) is 2. The first-order valence-corrected chi connectivity index (χ1v) is 8.34. The molecule has 4 aromatic rings. The van der Waals surface area contributed by atoms with Crippen LogP contribution in [-0.4, -0.2) is 38.4 Å². The summed E-state index contributed by atoms with van der Waals surface area (Å²) in [6.45, 7) is 0. The molecular weight excluding hydrogens is 360 g/mol. The van der Waals surface area contributed by atoms with E-state index in [2.05, 4.69) is 20.3 Å². The summed E-state index contributed by atoms with van der Waals surface area (Å²) in [6.07, 6.45) is 1.33. The van der Waals surface area contributed by atoms with Crippen molar-refractivity contribution >= 4 is 28.5 Å². The Labute approximate surface area is 159 Å². The first-order valence-electron chi connectivity index (χ1n) is 8.34. The van der Waals surface area contributed by atoms with Gasteiger partial charge in [0.05, 0.1) is 18.1 Å². The number of carbonyl (C=O) groups excluding carboxylic acids is 2. The highest BCUT2D eigenvalue weighted by Crippen LogP contribution is 2.20. The molecule has 0 atom stereocenters. The minimum atomic E-state index is -0.797. The molecule has 4 N–H and O–H groups in total. The molecule has 0 aliphatic rings. The molecule has 9 nitrogen and oxygen atoms in total. The Bertz CT molecular complexity index is 1160. The van der Waals surface area contributed by atoms with Gasteiger partial charge in [0.1, 0.15) is 17.8 Å². The van der Waals surface area contributed by atoms with E-state index >= 15 is 0 Å². The van der Waals surface area contributed by atoms with Crippen LogP contribution >= 0.6 is 0 Å². The van der Waals surface area contributed by atoms with Crippen molar-refractivity contribution < 1.29 is 14.3 Å². The van der Waals surface area contributed by atoms with Gasteiger partial charge in [0.15, 0.2) is 5.69 Å². The average Bonchev–Trinajstić information content (AvgIpc) is 3.32. The zero-order chi connectivity index (χ0) is 19.7. The van der Waals surface area contributed by atoms with Crippen LogP contribution in [0.15, 0.2) is 54.9 Å². The van der Waals surface area contributed by atoms with E-state index in [1.165, 1.54) is 18.0 Å². The summed E-state index contributed by atoms with van der Waals surface area (Å²) in [7, 11) is 1.53. The number of aromatic amines is 1. The molecule has 0 aliphatic carbocycles. The first-order chi connectivity index (χ1) is 13.6. The highest BCUT2D eigenvalue weighted by molar-refractivity contribution is 6.10. The van der Waals surface area contributed by atoms with Crippen LogP contribution in [0.3, 0.4) is 0 Å². The molecule has 0 saturated carbocycles. The lowest BCUT2D eigenvalue weighted by Gasteiger charge is -2.07. The third-order valence-electron chi connectivity index (χ3n) is 4.15. The predicted octanol–water partition coefficient (Wildman–Crippen LogP) is 2.11. The number of benzene rings is 2. The number of hydrogen-bond donors (Lipinski definition) is 3. The molecule has 9 heteroatoms. The fourth-order valence-electron chi connectivity index (χ4n) is 2.86. The van der Waals surface area contributed by atoms with E-state index in [-0.39, 0.29) is 11.4 Å². The van der Waals surface area contributed by atoms with Gasteiger partial charge in [-0.15, -0.1) is 0 Å². The number of nitrogens with zero attached hydrogens (tertiary/aromatic N) is 3. The Morgan fingerprint density at radius 1 is 1.18 bits per heavy atom. The lowest BCUT2D eigenvalue weighted by atomic mass is 10.2. The number of imidazole rings is 2. The van der Waals surface area contributed by atoms with Gasteiger partial charge in [-0.05, 0) is 24.3 Å². The van der Waals surface area contributed by atoms with Gasteiger partial charge in [0.2, 0.25) is 5.95 Å². The highest BCUT2D eigenvalue weighted by Gasteiger charge is 2.24. The highest BCUT2D eigenvalue weighted by atomic mass is 16.5. The van der Waals surface area contributed by atoms with Crippen molar-refractivity contribution in [2.24, 2.45) is 5.73 Å². The van der Waals surface area contributed by atoms with E-state index in [9.17, 15) is 9.59 Å². The van der Waals surface area contributed by atoms with Gasteiger partial charge in [0.25, 0.3) is 11.8 Å². The molecule has 0 saturated heterocycles. The van der Waals surface area contributed by atoms with Gasteiger partial charge in [0, 0.05) is 11.8 Å². The van der Waals surface area contributed by atoms with E-state index in [4.69, 9.17) is 10.5 Å². The van der Waals surface area contributed by atoms with Crippen molar-refractivity contribution in [3.63, 3.8) is 0 Å². The second-order valence-electron chi connectivity index (χ2n) is 5.94. The summed E-state index contributed by atoms with van der Waals surface area (Å²) >= 11 is 0. The van der Waals surface area contributed by atoms with Crippen LogP contribution in [0.25, 0.3) is 17.0 Å². The van der Waals surface area contributed by atoms with E-state index in [1.807, 2.05) is 24.3 Å². The maximum absolute atomic E-state index is 12.7. The quantitative estimate of drug-likeness (QED) is 0.491. The summed E-state index contributed by atoms with van der Waals surface area (Å²) in [4.78, 5) is 36.3. The number of carbonyl (C=O) groups is 2. The molecule has 140 valence electrons. The molecule has 0 spiro atoms. The number of aromatic nitrogens is 4. The smallest absolute Gasteiger partial charge is 0.276 e. The third-order valence-corrected chi connectivity index (χ3v) is 4.15. The molecular formula is C19H16N6O3. The lowest BCUT2D eigenvalue weighted by Crippen LogP contribution is -2.23. The summed E-state index contributed by atoms with van der Waals surface area (Å²) < 4.78 is 6.50. The number of rotatable bonds is 5. The second-order valence-corrected chi connectivity index (χ2v) is 5.94. The van der Waals surface area contributed by atoms with Crippen molar-refractivity contribution in [1.29, 1.82) is 0 Å². The maximum atomic E-state index is 12.7. The van der Waals surface area contributed by atoms with Crippen LogP contribution in [0.2, 0.25) is 0 Å². The fraction of sp³-hybridized carbons (Fsp3) is 0.0526. The molecule has 2 heterocycles. The van der Waals surface area contributed by atoms with Crippen LogP contribution < -0.4 is 15.8 Å². The van der Waals surface area contributed by atoms with Crippen LogP contribution in [-0.2, 0) is 0 Å². The van der Waals surface area contributed by atoms with Gasteiger partial charge in [-0.3, -0.25) is 14.2 Å².